The van der Waals surface area contributed by atoms with Crippen molar-refractivity contribution < 1.29 is 14.6 Å². The highest BCUT2D eigenvalue weighted by Gasteiger charge is 2.03. The number of hydrogen-bond donors (Lipinski definition) is 1. The molecule has 0 bridgehead atoms. The second-order valence-electron chi connectivity index (χ2n) is 14.9. The molecule has 0 radical (unpaired) electrons. The molecule has 0 aromatic rings. The first kappa shape index (κ1) is 46.2. The molecule has 3 nitrogen and oxygen atoms in total. The van der Waals surface area contributed by atoms with Gasteiger partial charge >= 0.3 is 5.97 Å². The summed E-state index contributed by atoms with van der Waals surface area (Å²) in [6, 6.07) is 0. The van der Waals surface area contributed by atoms with E-state index in [1.54, 1.807) is 0 Å². The van der Waals surface area contributed by atoms with Gasteiger partial charge in [0.2, 0.25) is 0 Å². The predicted molar refractivity (Wildman–Crippen MR) is 208 cm³/mol. The number of rotatable bonds is 40. The van der Waals surface area contributed by atoms with Gasteiger partial charge in [-0.25, -0.2) is 0 Å². The Labute approximate surface area is 296 Å². The Hall–Kier alpha value is -0.830. The molecule has 0 aliphatic heterocycles. The van der Waals surface area contributed by atoms with Crippen LogP contribution in [-0.2, 0) is 9.53 Å². The van der Waals surface area contributed by atoms with Gasteiger partial charge in [0.1, 0.15) is 0 Å². The van der Waals surface area contributed by atoms with Crippen molar-refractivity contribution in [3.05, 3.63) is 12.2 Å². The molecule has 0 aliphatic carbocycles. The number of carbonyl (C=O) groups is 1. The molecule has 0 aromatic heterocycles. The van der Waals surface area contributed by atoms with Crippen molar-refractivity contribution in [1.29, 1.82) is 0 Å². The summed E-state index contributed by atoms with van der Waals surface area (Å²) in [5.74, 6) is -0.0277. The molecule has 1 atom stereocenters. The molecule has 0 spiro atoms. The zero-order chi connectivity index (χ0) is 34.1. The van der Waals surface area contributed by atoms with Crippen LogP contribution in [0.25, 0.3) is 0 Å². The van der Waals surface area contributed by atoms with Crippen molar-refractivity contribution in [3.63, 3.8) is 0 Å². The molecule has 280 valence electrons. The lowest BCUT2D eigenvalue weighted by molar-refractivity contribution is -0.143. The molecule has 0 heterocycles. The zero-order valence-electron chi connectivity index (χ0n) is 32.4. The Morgan fingerprint density at radius 2 is 0.809 bits per heavy atom. The average molecular weight is 663 g/mol. The normalized spacial score (nSPS) is 12.3. The van der Waals surface area contributed by atoms with E-state index in [4.69, 9.17) is 4.74 Å². The van der Waals surface area contributed by atoms with Gasteiger partial charge in [-0.2, -0.15) is 0 Å². The molecule has 0 amide bonds. The van der Waals surface area contributed by atoms with E-state index in [0.717, 1.165) is 44.9 Å². The summed E-state index contributed by atoms with van der Waals surface area (Å²) in [7, 11) is 0. The number of aliphatic hydroxyl groups excluding tert-OH is 1. The monoisotopic (exact) mass is 663 g/mol. The van der Waals surface area contributed by atoms with Gasteiger partial charge in [-0.1, -0.05) is 225 Å². The fourth-order valence-corrected chi connectivity index (χ4v) is 6.69. The van der Waals surface area contributed by atoms with Gasteiger partial charge in [0, 0.05) is 6.42 Å². The Morgan fingerprint density at radius 3 is 1.21 bits per heavy atom. The molecule has 0 rings (SSSR count). The highest BCUT2D eigenvalue weighted by Crippen LogP contribution is 2.16. The first-order valence-corrected chi connectivity index (χ1v) is 21.7. The molecule has 47 heavy (non-hydrogen) atoms. The summed E-state index contributed by atoms with van der Waals surface area (Å²) in [6.07, 6.45) is 51.8. The molecule has 0 aromatic carbocycles. The van der Waals surface area contributed by atoms with Gasteiger partial charge in [-0.05, 0) is 32.1 Å². The fraction of sp³-hybridized carbons (Fsp3) is 0.932. The van der Waals surface area contributed by atoms with Gasteiger partial charge in [-0.3, -0.25) is 4.79 Å². The molecule has 0 aliphatic rings. The second-order valence-corrected chi connectivity index (χ2v) is 14.9. The molecule has 3 heteroatoms. The van der Waals surface area contributed by atoms with Crippen molar-refractivity contribution in [3.8, 4) is 0 Å². The van der Waals surface area contributed by atoms with Crippen LogP contribution in [0.2, 0.25) is 0 Å². The first-order valence-electron chi connectivity index (χ1n) is 21.7. The number of hydrogen-bond acceptors (Lipinski definition) is 3. The third-order valence-corrected chi connectivity index (χ3v) is 9.97. The quantitative estimate of drug-likeness (QED) is 0.0403. The minimum atomic E-state index is -0.293. The highest BCUT2D eigenvalue weighted by molar-refractivity contribution is 5.69. The number of aliphatic hydroxyl groups is 1. The third-order valence-electron chi connectivity index (χ3n) is 9.97. The minimum absolute atomic E-state index is 0.0277. The van der Waals surface area contributed by atoms with Crippen molar-refractivity contribution in [1.82, 2.24) is 0 Å². The molecular formula is C44H86O3. The molecule has 0 unspecified atom stereocenters. The third kappa shape index (κ3) is 41.3. The summed E-state index contributed by atoms with van der Waals surface area (Å²) >= 11 is 0. The van der Waals surface area contributed by atoms with E-state index in [1.807, 2.05) is 6.08 Å². The van der Waals surface area contributed by atoms with E-state index in [2.05, 4.69) is 19.9 Å². The summed E-state index contributed by atoms with van der Waals surface area (Å²) in [6.45, 7) is 5.15. The topological polar surface area (TPSA) is 46.5 Å². The lowest BCUT2D eigenvalue weighted by Crippen LogP contribution is -2.05. The van der Waals surface area contributed by atoms with Gasteiger partial charge in [0.25, 0.3) is 0 Å². The maximum atomic E-state index is 12.0. The maximum absolute atomic E-state index is 12.0. The van der Waals surface area contributed by atoms with E-state index < -0.39 is 0 Å². The number of carbonyl (C=O) groups excluding carboxylic acids is 1. The van der Waals surface area contributed by atoms with Crippen LogP contribution in [0.1, 0.15) is 251 Å². The summed E-state index contributed by atoms with van der Waals surface area (Å²) in [5, 5.41) is 10.1. The van der Waals surface area contributed by atoms with Crippen LogP contribution in [0.3, 0.4) is 0 Å². The van der Waals surface area contributed by atoms with Gasteiger partial charge in [0.05, 0.1) is 12.7 Å². The lowest BCUT2D eigenvalue weighted by atomic mass is 10.0. The first-order chi connectivity index (χ1) is 23.2. The van der Waals surface area contributed by atoms with Crippen LogP contribution in [-0.4, -0.2) is 23.8 Å². The largest absolute Gasteiger partial charge is 0.466 e. The minimum Gasteiger partial charge on any atom is -0.466 e. The molecule has 0 fully saturated rings. The van der Waals surface area contributed by atoms with Crippen LogP contribution in [0, 0.1) is 0 Å². The smallest absolute Gasteiger partial charge is 0.305 e. The fourth-order valence-electron chi connectivity index (χ4n) is 6.69. The van der Waals surface area contributed by atoms with Crippen LogP contribution in [0.5, 0.6) is 0 Å². The average Bonchev–Trinajstić information content (AvgIpc) is 3.07. The predicted octanol–water partition coefficient (Wildman–Crippen LogP) is 14.9. The van der Waals surface area contributed by atoms with E-state index >= 15 is 0 Å². The number of allylic oxidation sites excluding steroid dienone is 1. The molecular weight excluding hydrogens is 576 g/mol. The molecule has 1 N–H and O–H groups in total. The van der Waals surface area contributed by atoms with Gasteiger partial charge in [-0.15, -0.1) is 0 Å². The van der Waals surface area contributed by atoms with Crippen molar-refractivity contribution in [2.75, 3.05) is 6.61 Å². The Balaban J connectivity index is 3.24. The molecule has 0 saturated heterocycles. The Morgan fingerprint density at radius 1 is 0.468 bits per heavy atom. The standard InChI is InChI=1S/C44H86O3/c1-3-5-7-9-11-13-14-15-16-17-18-19-20-21-22-23-24-25-26-27-29-34-38-42-47-44(46)41-37-33-30-32-36-40-43(45)39-35-31-28-12-10-8-6-4-2/h36,40,43,45H,3-35,37-39,41-42H2,1-2H3/t43-/m1/s1. The number of esters is 1. The summed E-state index contributed by atoms with van der Waals surface area (Å²) < 4.78 is 5.44. The van der Waals surface area contributed by atoms with Gasteiger partial charge in [0.15, 0.2) is 0 Å². The number of ether oxygens (including phenoxy) is 1. The van der Waals surface area contributed by atoms with Crippen molar-refractivity contribution in [2.45, 2.75) is 258 Å². The zero-order valence-corrected chi connectivity index (χ0v) is 32.4. The second kappa shape index (κ2) is 41.3. The van der Waals surface area contributed by atoms with Crippen LogP contribution >= 0.6 is 0 Å². The maximum Gasteiger partial charge on any atom is 0.305 e. The van der Waals surface area contributed by atoms with Crippen molar-refractivity contribution >= 4 is 5.97 Å². The van der Waals surface area contributed by atoms with Crippen LogP contribution in [0.4, 0.5) is 0 Å². The van der Waals surface area contributed by atoms with E-state index in [9.17, 15) is 9.90 Å². The summed E-state index contributed by atoms with van der Waals surface area (Å²) in [4.78, 5) is 12.0. The molecule has 0 saturated carbocycles. The Bertz CT molecular complexity index is 615. The number of unbranched alkanes of at least 4 members (excludes halogenated alkanes) is 32. The van der Waals surface area contributed by atoms with Gasteiger partial charge < -0.3 is 9.84 Å². The van der Waals surface area contributed by atoms with Crippen LogP contribution < -0.4 is 0 Å². The van der Waals surface area contributed by atoms with E-state index in [1.165, 1.54) is 186 Å². The van der Waals surface area contributed by atoms with Crippen LogP contribution in [0.15, 0.2) is 12.2 Å². The Kier molecular flexibility index (Phi) is 40.6. The van der Waals surface area contributed by atoms with Crippen molar-refractivity contribution in [2.24, 2.45) is 0 Å². The summed E-state index contributed by atoms with van der Waals surface area (Å²) in [5.41, 5.74) is 0. The van der Waals surface area contributed by atoms with E-state index in [0.29, 0.717) is 13.0 Å². The highest BCUT2D eigenvalue weighted by atomic mass is 16.5. The lowest BCUT2D eigenvalue weighted by Gasteiger charge is -2.06. The SMILES string of the molecule is CCCCCCCCCCCCCCCCCCCCCCCCCOC(=O)CCCCCC=C[C@H](O)CCCCCCCCCC. The van der Waals surface area contributed by atoms with E-state index in [-0.39, 0.29) is 12.1 Å².